The summed E-state index contributed by atoms with van der Waals surface area (Å²) in [6.07, 6.45) is -2.77. The first-order valence-electron chi connectivity index (χ1n) is 7.69. The molecule has 2 rings (SSSR count). The number of hydrogen-bond donors (Lipinski definition) is 2. The van der Waals surface area contributed by atoms with E-state index in [1.165, 1.54) is 0 Å². The van der Waals surface area contributed by atoms with E-state index in [9.17, 15) is 22.8 Å². The van der Waals surface area contributed by atoms with Crippen molar-refractivity contribution in [1.29, 1.82) is 0 Å². The molecule has 0 saturated heterocycles. The Labute approximate surface area is 131 Å². The molecule has 9 heteroatoms. The summed E-state index contributed by atoms with van der Waals surface area (Å²) in [7, 11) is 0. The van der Waals surface area contributed by atoms with Gasteiger partial charge in [-0.25, -0.2) is 5.01 Å². The van der Waals surface area contributed by atoms with Gasteiger partial charge in [-0.2, -0.15) is 18.3 Å². The van der Waals surface area contributed by atoms with Crippen molar-refractivity contribution in [2.45, 2.75) is 50.7 Å². The van der Waals surface area contributed by atoms with Crippen LogP contribution in [0.2, 0.25) is 0 Å². The first-order chi connectivity index (χ1) is 10.8. The quantitative estimate of drug-likeness (QED) is 0.810. The molecule has 0 aromatic heterocycles. The van der Waals surface area contributed by atoms with Crippen molar-refractivity contribution in [3.63, 3.8) is 0 Å². The zero-order chi connectivity index (χ0) is 17.0. The summed E-state index contributed by atoms with van der Waals surface area (Å²) in [5.74, 6) is -2.53. The number of aliphatic hydroxyl groups is 1. The summed E-state index contributed by atoms with van der Waals surface area (Å²) in [6.45, 7) is -0.340. The van der Waals surface area contributed by atoms with E-state index in [-0.39, 0.29) is 50.5 Å². The number of hydrazone groups is 1. The summed E-state index contributed by atoms with van der Waals surface area (Å²) in [6, 6.07) is -0.956. The summed E-state index contributed by atoms with van der Waals surface area (Å²) >= 11 is 0. The highest BCUT2D eigenvalue weighted by Gasteiger charge is 2.46. The van der Waals surface area contributed by atoms with Crippen LogP contribution in [0, 0.1) is 5.92 Å². The van der Waals surface area contributed by atoms with Crippen LogP contribution < -0.4 is 5.32 Å². The van der Waals surface area contributed by atoms with E-state index in [0.29, 0.717) is 12.8 Å². The Bertz CT molecular complexity index is 493. The number of rotatable bonds is 4. The maximum atomic E-state index is 13.0. The standard InChI is InChI=1S/C14H20F3N3O3/c15-14(16,17)9-3-1-2-4-10(9)18-13(23)11-5-6-12(22)20(19-11)7-8-21/h9-10,21H,1-8H2,(H,18,23)/t9-,10+/m0/s1. The number of carbonyl (C=O) groups excluding carboxylic acids is 2. The van der Waals surface area contributed by atoms with E-state index < -0.39 is 24.0 Å². The Balaban J connectivity index is 2.05. The minimum atomic E-state index is -4.34. The van der Waals surface area contributed by atoms with Gasteiger partial charge in [0, 0.05) is 18.9 Å². The average molecular weight is 335 g/mol. The molecule has 23 heavy (non-hydrogen) atoms. The van der Waals surface area contributed by atoms with Crippen molar-refractivity contribution in [3.05, 3.63) is 0 Å². The number of amides is 2. The highest BCUT2D eigenvalue weighted by atomic mass is 19.4. The highest BCUT2D eigenvalue weighted by Crippen LogP contribution is 2.37. The lowest BCUT2D eigenvalue weighted by atomic mass is 9.84. The molecule has 0 aromatic carbocycles. The Kier molecular flexibility index (Phi) is 5.61. The second-order valence-corrected chi connectivity index (χ2v) is 5.80. The Morgan fingerprint density at radius 1 is 1.30 bits per heavy atom. The lowest BCUT2D eigenvalue weighted by Gasteiger charge is -2.34. The van der Waals surface area contributed by atoms with Gasteiger partial charge in [0.05, 0.1) is 19.1 Å². The van der Waals surface area contributed by atoms with Crippen LogP contribution in [0.5, 0.6) is 0 Å². The molecule has 130 valence electrons. The van der Waals surface area contributed by atoms with E-state index in [1.807, 2.05) is 0 Å². The number of β-amino-alcohol motifs (C(OH)–C–C–N with tert-alkyl or cyclic N) is 1. The molecule has 1 aliphatic carbocycles. The molecule has 0 aromatic rings. The van der Waals surface area contributed by atoms with Crippen LogP contribution in [-0.2, 0) is 9.59 Å². The Hall–Kier alpha value is -1.64. The maximum absolute atomic E-state index is 13.0. The molecular formula is C14H20F3N3O3. The van der Waals surface area contributed by atoms with Gasteiger partial charge in [0.25, 0.3) is 5.91 Å². The molecule has 1 aliphatic heterocycles. The summed E-state index contributed by atoms with van der Waals surface area (Å²) in [5, 5.41) is 16.1. The normalized spacial score (nSPS) is 26.0. The fourth-order valence-corrected chi connectivity index (χ4v) is 2.98. The second kappa shape index (κ2) is 7.29. The minimum Gasteiger partial charge on any atom is -0.394 e. The van der Waals surface area contributed by atoms with Crippen molar-refractivity contribution in [3.8, 4) is 0 Å². The lowest BCUT2D eigenvalue weighted by Crippen LogP contribution is -2.50. The average Bonchev–Trinajstić information content (AvgIpc) is 2.49. The molecule has 0 spiro atoms. The summed E-state index contributed by atoms with van der Waals surface area (Å²) < 4.78 is 39.1. The SMILES string of the molecule is O=C(N[C@@H]1CCCC[C@@H]1C(F)(F)F)C1=NN(CCO)C(=O)CC1. The molecule has 6 nitrogen and oxygen atoms in total. The van der Waals surface area contributed by atoms with Gasteiger partial charge in [0.1, 0.15) is 5.71 Å². The molecule has 0 unspecified atom stereocenters. The van der Waals surface area contributed by atoms with E-state index in [1.54, 1.807) is 0 Å². The van der Waals surface area contributed by atoms with Crippen LogP contribution in [0.4, 0.5) is 13.2 Å². The Morgan fingerprint density at radius 3 is 2.65 bits per heavy atom. The molecule has 0 bridgehead atoms. The number of halogens is 3. The number of aliphatic hydroxyl groups excluding tert-OH is 1. The van der Waals surface area contributed by atoms with E-state index in [4.69, 9.17) is 5.11 Å². The lowest BCUT2D eigenvalue weighted by molar-refractivity contribution is -0.188. The van der Waals surface area contributed by atoms with Gasteiger partial charge < -0.3 is 10.4 Å². The van der Waals surface area contributed by atoms with Crippen molar-refractivity contribution in [1.82, 2.24) is 10.3 Å². The molecule has 1 heterocycles. The summed E-state index contributed by atoms with van der Waals surface area (Å²) in [5.41, 5.74) is 0.0320. The predicted molar refractivity (Wildman–Crippen MR) is 75.4 cm³/mol. The van der Waals surface area contributed by atoms with Crippen LogP contribution in [0.1, 0.15) is 38.5 Å². The number of hydrogen-bond acceptors (Lipinski definition) is 4. The second-order valence-electron chi connectivity index (χ2n) is 5.80. The van der Waals surface area contributed by atoms with Gasteiger partial charge in [-0.05, 0) is 12.8 Å². The number of carbonyl (C=O) groups is 2. The van der Waals surface area contributed by atoms with E-state index in [0.717, 1.165) is 5.01 Å². The third-order valence-corrected chi connectivity index (χ3v) is 4.18. The zero-order valence-electron chi connectivity index (χ0n) is 12.6. The smallest absolute Gasteiger partial charge is 0.393 e. The van der Waals surface area contributed by atoms with Crippen LogP contribution in [0.15, 0.2) is 5.10 Å². The van der Waals surface area contributed by atoms with Gasteiger partial charge in [-0.15, -0.1) is 0 Å². The number of alkyl halides is 3. The van der Waals surface area contributed by atoms with Gasteiger partial charge >= 0.3 is 6.18 Å². The molecule has 1 fully saturated rings. The van der Waals surface area contributed by atoms with Gasteiger partial charge in [0.2, 0.25) is 5.91 Å². The highest BCUT2D eigenvalue weighted by molar-refractivity contribution is 6.39. The third kappa shape index (κ3) is 4.43. The topological polar surface area (TPSA) is 82.0 Å². The van der Waals surface area contributed by atoms with Crippen molar-refractivity contribution < 1.29 is 27.9 Å². The van der Waals surface area contributed by atoms with Crippen molar-refractivity contribution in [2.24, 2.45) is 11.0 Å². The molecule has 0 radical (unpaired) electrons. The van der Waals surface area contributed by atoms with Crippen molar-refractivity contribution in [2.75, 3.05) is 13.2 Å². The molecule has 1 saturated carbocycles. The molecule has 2 atom stereocenters. The minimum absolute atomic E-state index is 0.00997. The van der Waals surface area contributed by atoms with Gasteiger partial charge in [-0.3, -0.25) is 9.59 Å². The van der Waals surface area contributed by atoms with Crippen molar-refractivity contribution >= 4 is 17.5 Å². The largest absolute Gasteiger partial charge is 0.394 e. The van der Waals surface area contributed by atoms with E-state index >= 15 is 0 Å². The molecule has 2 aliphatic rings. The first-order valence-corrected chi connectivity index (χ1v) is 7.69. The third-order valence-electron chi connectivity index (χ3n) is 4.18. The molecule has 2 amide bonds. The van der Waals surface area contributed by atoms with E-state index in [2.05, 4.69) is 10.4 Å². The number of nitrogens with one attached hydrogen (secondary N) is 1. The van der Waals surface area contributed by atoms with Gasteiger partial charge in [-0.1, -0.05) is 12.8 Å². The van der Waals surface area contributed by atoms with Crippen LogP contribution in [0.25, 0.3) is 0 Å². The van der Waals surface area contributed by atoms with Crippen LogP contribution >= 0.6 is 0 Å². The fourth-order valence-electron chi connectivity index (χ4n) is 2.98. The van der Waals surface area contributed by atoms with Crippen LogP contribution in [-0.4, -0.2) is 53.0 Å². The number of nitrogens with zero attached hydrogens (tertiary/aromatic N) is 2. The van der Waals surface area contributed by atoms with Crippen LogP contribution in [0.3, 0.4) is 0 Å². The summed E-state index contributed by atoms with van der Waals surface area (Å²) in [4.78, 5) is 23.7. The first kappa shape index (κ1) is 17.7. The maximum Gasteiger partial charge on any atom is 0.393 e. The van der Waals surface area contributed by atoms with Gasteiger partial charge in [0.15, 0.2) is 0 Å². The zero-order valence-corrected chi connectivity index (χ0v) is 12.6. The Morgan fingerprint density at radius 2 is 2.00 bits per heavy atom. The molecular weight excluding hydrogens is 315 g/mol. The monoisotopic (exact) mass is 335 g/mol. The predicted octanol–water partition coefficient (Wildman–Crippen LogP) is 1.19. The fraction of sp³-hybridized carbons (Fsp3) is 0.786. The molecule has 2 N–H and O–H groups in total.